The number of fused-ring (bicyclic) bond motifs is 1. The van der Waals surface area contributed by atoms with Crippen molar-refractivity contribution >= 4 is 5.65 Å². The van der Waals surface area contributed by atoms with Gasteiger partial charge in [-0.1, -0.05) is 0 Å². The average Bonchev–Trinajstić information content (AvgIpc) is 2.96. The summed E-state index contributed by atoms with van der Waals surface area (Å²) >= 11 is 0. The van der Waals surface area contributed by atoms with Gasteiger partial charge in [0, 0.05) is 30.9 Å². The van der Waals surface area contributed by atoms with Crippen LogP contribution in [-0.2, 0) is 6.42 Å². The Morgan fingerprint density at radius 3 is 3.29 bits per heavy atom. The summed E-state index contributed by atoms with van der Waals surface area (Å²) in [5.74, 6) is 0.855. The zero-order chi connectivity index (χ0) is 11.7. The Morgan fingerprint density at radius 1 is 1.59 bits per heavy atom. The minimum atomic E-state index is 0.599. The summed E-state index contributed by atoms with van der Waals surface area (Å²) in [5, 5.41) is 3.50. The lowest BCUT2D eigenvalue weighted by molar-refractivity contribution is 0.414. The van der Waals surface area contributed by atoms with Crippen LogP contribution in [-0.4, -0.2) is 29.1 Å². The summed E-state index contributed by atoms with van der Waals surface area (Å²) in [5.41, 5.74) is 2.11. The Morgan fingerprint density at radius 2 is 2.53 bits per heavy atom. The molecule has 0 saturated carbocycles. The van der Waals surface area contributed by atoms with Crippen molar-refractivity contribution in [2.24, 2.45) is 0 Å². The third-order valence-electron chi connectivity index (χ3n) is 3.34. The Labute approximate surface area is 101 Å². The largest absolute Gasteiger partial charge is 0.497 e. The third kappa shape index (κ3) is 2.13. The predicted molar refractivity (Wildman–Crippen MR) is 66.5 cm³/mol. The smallest absolute Gasteiger partial charge is 0.140 e. The standard InChI is InChI=1S/C13H17N3O/c1-17-12-4-6-16-9-11(15-13(16)8-12)7-10-3-2-5-14-10/h4,6,8-10,14H,2-3,5,7H2,1H3. The molecule has 17 heavy (non-hydrogen) atoms. The Kier molecular flexibility index (Phi) is 2.73. The lowest BCUT2D eigenvalue weighted by Crippen LogP contribution is -2.23. The summed E-state index contributed by atoms with van der Waals surface area (Å²) in [4.78, 5) is 4.63. The van der Waals surface area contributed by atoms with Gasteiger partial charge in [-0.25, -0.2) is 4.98 Å². The van der Waals surface area contributed by atoms with Gasteiger partial charge in [0.1, 0.15) is 11.4 Å². The molecule has 0 amide bonds. The molecule has 2 aromatic rings. The van der Waals surface area contributed by atoms with Gasteiger partial charge in [0.15, 0.2) is 0 Å². The van der Waals surface area contributed by atoms with Crippen LogP contribution in [0, 0.1) is 0 Å². The summed E-state index contributed by atoms with van der Waals surface area (Å²) in [6.07, 6.45) is 7.66. The van der Waals surface area contributed by atoms with E-state index in [9.17, 15) is 0 Å². The van der Waals surface area contributed by atoms with Crippen LogP contribution in [0.3, 0.4) is 0 Å². The van der Waals surface area contributed by atoms with Crippen LogP contribution in [0.2, 0.25) is 0 Å². The molecule has 1 atom stereocenters. The van der Waals surface area contributed by atoms with E-state index in [0.29, 0.717) is 6.04 Å². The lowest BCUT2D eigenvalue weighted by atomic mass is 10.1. The van der Waals surface area contributed by atoms with Gasteiger partial charge in [0.2, 0.25) is 0 Å². The molecule has 1 saturated heterocycles. The molecule has 1 unspecified atom stereocenters. The van der Waals surface area contributed by atoms with Gasteiger partial charge in [0.25, 0.3) is 0 Å². The van der Waals surface area contributed by atoms with Crippen molar-refractivity contribution < 1.29 is 4.74 Å². The number of nitrogens with zero attached hydrogens (tertiary/aromatic N) is 2. The maximum Gasteiger partial charge on any atom is 0.140 e. The molecule has 1 N–H and O–H groups in total. The molecule has 0 aliphatic carbocycles. The second kappa shape index (κ2) is 4.37. The summed E-state index contributed by atoms with van der Waals surface area (Å²) in [6, 6.07) is 4.51. The molecule has 1 aliphatic rings. The topological polar surface area (TPSA) is 38.6 Å². The normalized spacial score (nSPS) is 19.9. The van der Waals surface area contributed by atoms with E-state index < -0.39 is 0 Å². The van der Waals surface area contributed by atoms with Crippen molar-refractivity contribution in [2.75, 3.05) is 13.7 Å². The number of imidazole rings is 1. The first-order valence-corrected chi connectivity index (χ1v) is 6.10. The number of rotatable bonds is 3. The van der Waals surface area contributed by atoms with Crippen LogP contribution < -0.4 is 10.1 Å². The molecule has 0 aromatic carbocycles. The zero-order valence-corrected chi connectivity index (χ0v) is 10.0. The Bertz CT molecular complexity index is 514. The highest BCUT2D eigenvalue weighted by molar-refractivity contribution is 5.45. The van der Waals surface area contributed by atoms with Crippen LogP contribution >= 0.6 is 0 Å². The van der Waals surface area contributed by atoms with Gasteiger partial charge in [-0.2, -0.15) is 0 Å². The minimum Gasteiger partial charge on any atom is -0.497 e. The van der Waals surface area contributed by atoms with E-state index in [2.05, 4.69) is 16.5 Å². The van der Waals surface area contributed by atoms with Crippen LogP contribution in [0.5, 0.6) is 5.75 Å². The predicted octanol–water partition coefficient (Wildman–Crippen LogP) is 1.64. The van der Waals surface area contributed by atoms with Gasteiger partial charge in [0.05, 0.1) is 12.8 Å². The van der Waals surface area contributed by atoms with Gasteiger partial charge in [-0.15, -0.1) is 0 Å². The molecule has 0 radical (unpaired) electrons. The fourth-order valence-electron chi connectivity index (χ4n) is 2.42. The first-order valence-electron chi connectivity index (χ1n) is 6.10. The van der Waals surface area contributed by atoms with Crippen LogP contribution in [0.25, 0.3) is 5.65 Å². The molecule has 3 heterocycles. The van der Waals surface area contributed by atoms with Crippen molar-refractivity contribution in [1.82, 2.24) is 14.7 Å². The van der Waals surface area contributed by atoms with Crippen molar-refractivity contribution in [3.8, 4) is 5.75 Å². The van der Waals surface area contributed by atoms with E-state index in [-0.39, 0.29) is 0 Å². The zero-order valence-electron chi connectivity index (χ0n) is 10.0. The highest BCUT2D eigenvalue weighted by Crippen LogP contribution is 2.16. The van der Waals surface area contributed by atoms with E-state index in [1.54, 1.807) is 7.11 Å². The molecule has 2 aromatic heterocycles. The molecule has 0 spiro atoms. The molecular weight excluding hydrogens is 214 g/mol. The quantitative estimate of drug-likeness (QED) is 0.872. The van der Waals surface area contributed by atoms with Gasteiger partial charge in [-0.05, 0) is 25.5 Å². The second-order valence-corrected chi connectivity index (χ2v) is 4.56. The second-order valence-electron chi connectivity index (χ2n) is 4.56. The highest BCUT2D eigenvalue weighted by atomic mass is 16.5. The van der Waals surface area contributed by atoms with Crippen molar-refractivity contribution in [3.05, 3.63) is 30.2 Å². The molecule has 4 nitrogen and oxygen atoms in total. The molecular formula is C13H17N3O. The molecule has 3 rings (SSSR count). The van der Waals surface area contributed by atoms with Crippen molar-refractivity contribution in [1.29, 1.82) is 0 Å². The van der Waals surface area contributed by atoms with Gasteiger partial charge >= 0.3 is 0 Å². The van der Waals surface area contributed by atoms with Crippen molar-refractivity contribution in [2.45, 2.75) is 25.3 Å². The number of ether oxygens (including phenoxy) is 1. The number of pyridine rings is 1. The fraction of sp³-hybridized carbons (Fsp3) is 0.462. The van der Waals surface area contributed by atoms with Gasteiger partial charge in [-0.3, -0.25) is 0 Å². The van der Waals surface area contributed by atoms with Crippen LogP contribution in [0.4, 0.5) is 0 Å². The highest BCUT2D eigenvalue weighted by Gasteiger charge is 2.15. The Balaban J connectivity index is 1.85. The van der Waals surface area contributed by atoms with Crippen molar-refractivity contribution in [3.63, 3.8) is 0 Å². The van der Waals surface area contributed by atoms with E-state index in [1.165, 1.54) is 12.8 Å². The van der Waals surface area contributed by atoms with Crippen LogP contribution in [0.15, 0.2) is 24.5 Å². The summed E-state index contributed by atoms with van der Waals surface area (Å²) in [6.45, 7) is 1.14. The van der Waals surface area contributed by atoms with Gasteiger partial charge < -0.3 is 14.5 Å². The molecule has 0 bridgehead atoms. The van der Waals surface area contributed by atoms with E-state index in [1.807, 2.05) is 22.7 Å². The number of hydrogen-bond acceptors (Lipinski definition) is 3. The molecule has 1 aliphatic heterocycles. The van der Waals surface area contributed by atoms with E-state index in [0.717, 1.165) is 30.1 Å². The molecule has 1 fully saturated rings. The Hall–Kier alpha value is -1.55. The lowest BCUT2D eigenvalue weighted by Gasteiger charge is -2.06. The number of aromatic nitrogens is 2. The number of hydrogen-bond donors (Lipinski definition) is 1. The minimum absolute atomic E-state index is 0.599. The fourth-order valence-corrected chi connectivity index (χ4v) is 2.42. The van der Waals surface area contributed by atoms with E-state index >= 15 is 0 Å². The molecule has 4 heteroatoms. The monoisotopic (exact) mass is 231 g/mol. The SMILES string of the molecule is COc1ccn2cc(CC3CCCN3)nc2c1. The van der Waals surface area contributed by atoms with E-state index in [4.69, 9.17) is 4.74 Å². The third-order valence-corrected chi connectivity index (χ3v) is 3.34. The molecule has 90 valence electrons. The number of methoxy groups -OCH3 is 1. The maximum absolute atomic E-state index is 5.20. The summed E-state index contributed by atoms with van der Waals surface area (Å²) < 4.78 is 7.25. The summed E-state index contributed by atoms with van der Waals surface area (Å²) in [7, 11) is 1.68. The first kappa shape index (κ1) is 10.6. The number of nitrogens with one attached hydrogen (secondary N) is 1. The van der Waals surface area contributed by atoms with Crippen LogP contribution in [0.1, 0.15) is 18.5 Å². The maximum atomic E-state index is 5.20. The average molecular weight is 231 g/mol. The first-order chi connectivity index (χ1) is 8.35.